The van der Waals surface area contributed by atoms with E-state index < -0.39 is 36.6 Å². The Bertz CT molecular complexity index is 1530. The Labute approximate surface area is 186 Å². The molecule has 0 radical (unpaired) electrons. The molecule has 0 amide bonds. The van der Waals surface area contributed by atoms with E-state index in [0.717, 1.165) is 0 Å². The number of carbonyl (C=O) groups excluding carboxylic acids is 1. The summed E-state index contributed by atoms with van der Waals surface area (Å²) in [4.78, 5) is 12.3. The van der Waals surface area contributed by atoms with Crippen molar-refractivity contribution in [2.24, 2.45) is 5.41 Å². The molecule has 6 nitrogen and oxygen atoms in total. The molecular weight excluding hydrogens is 448 g/mol. The summed E-state index contributed by atoms with van der Waals surface area (Å²) in [6, 6.07) is 12.0. The smallest absolute Gasteiger partial charge is 0.211 e. The highest BCUT2D eigenvalue weighted by Gasteiger charge is 2.44. The van der Waals surface area contributed by atoms with Gasteiger partial charge in [-0.3, -0.25) is 4.79 Å². The molecule has 0 unspecified atom stereocenters. The first-order valence-electron chi connectivity index (χ1n) is 10.0. The van der Waals surface area contributed by atoms with Crippen molar-refractivity contribution in [1.29, 1.82) is 0 Å². The normalized spacial score (nSPS) is 24.8. The highest BCUT2D eigenvalue weighted by atomic mass is 32.2. The third-order valence-electron chi connectivity index (χ3n) is 6.06. The van der Waals surface area contributed by atoms with Gasteiger partial charge in [0.1, 0.15) is 4.91 Å². The monoisotopic (exact) mass is 467 g/mol. The first-order valence-corrected chi connectivity index (χ1v) is 13.0. The molecule has 2 heterocycles. The van der Waals surface area contributed by atoms with Crippen LogP contribution in [0.25, 0.3) is 5.76 Å². The summed E-state index contributed by atoms with van der Waals surface area (Å²) in [6.07, 6.45) is 1.96. The van der Waals surface area contributed by atoms with Gasteiger partial charge in [-0.1, -0.05) is 56.0 Å². The summed E-state index contributed by atoms with van der Waals surface area (Å²) in [6.45, 7) is 3.72. The van der Waals surface area contributed by atoms with Crippen molar-refractivity contribution in [3.8, 4) is 0 Å². The Morgan fingerprint density at radius 3 is 1.91 bits per heavy atom. The third-order valence-corrected chi connectivity index (χ3v) is 9.90. The summed E-state index contributed by atoms with van der Waals surface area (Å²) in [5.74, 6) is -1.20. The van der Waals surface area contributed by atoms with E-state index in [2.05, 4.69) is 0 Å². The summed E-state index contributed by atoms with van der Waals surface area (Å²) in [7, 11) is -8.09. The van der Waals surface area contributed by atoms with Crippen molar-refractivity contribution in [1.82, 2.24) is 0 Å². The van der Waals surface area contributed by atoms with Crippen molar-refractivity contribution in [2.45, 2.75) is 36.5 Å². The minimum absolute atomic E-state index is 0.0459. The van der Waals surface area contributed by atoms with E-state index in [0.29, 0.717) is 0 Å². The number of fused-ring (bicyclic) bond motifs is 2. The fourth-order valence-electron chi connectivity index (χ4n) is 4.82. The van der Waals surface area contributed by atoms with Crippen LogP contribution >= 0.6 is 0 Å². The van der Waals surface area contributed by atoms with Gasteiger partial charge >= 0.3 is 0 Å². The average molecular weight is 468 g/mol. The lowest BCUT2D eigenvalue weighted by Crippen LogP contribution is -2.22. The lowest BCUT2D eigenvalue weighted by atomic mass is 9.74. The van der Waals surface area contributed by atoms with Crippen LogP contribution in [-0.2, 0) is 19.7 Å². The zero-order valence-corrected chi connectivity index (χ0v) is 19.0. The molecule has 0 saturated heterocycles. The number of allylic oxidation sites excluding steroid dienone is 4. The summed E-state index contributed by atoms with van der Waals surface area (Å²) >= 11 is 0. The van der Waals surface area contributed by atoms with Gasteiger partial charge in [0.05, 0.1) is 14.7 Å². The van der Waals surface area contributed by atoms with E-state index in [1.54, 1.807) is 24.3 Å². The maximum absolute atomic E-state index is 13.2. The van der Waals surface area contributed by atoms with Crippen LogP contribution < -0.4 is 5.11 Å². The molecule has 1 aliphatic carbocycles. The average Bonchev–Trinajstić information content (AvgIpc) is 3.05. The molecular formula is C24H19O6S2-. The molecule has 8 heteroatoms. The Hall–Kier alpha value is -2.97. The van der Waals surface area contributed by atoms with Crippen LogP contribution in [0.4, 0.5) is 0 Å². The predicted octanol–water partition coefficient (Wildman–Crippen LogP) is 3.17. The highest BCUT2D eigenvalue weighted by molar-refractivity contribution is 7.97. The molecule has 0 fully saturated rings. The van der Waals surface area contributed by atoms with Gasteiger partial charge < -0.3 is 5.11 Å². The predicted molar refractivity (Wildman–Crippen MR) is 117 cm³/mol. The number of Topliss-reactive ketones (excluding diaryl/α,β-unsaturated/α-hetero) is 1. The molecule has 0 spiro atoms. The van der Waals surface area contributed by atoms with Gasteiger partial charge in [-0.05, 0) is 53.2 Å². The highest BCUT2D eigenvalue weighted by Crippen LogP contribution is 2.49. The quantitative estimate of drug-likeness (QED) is 0.596. The maximum atomic E-state index is 13.2. The largest absolute Gasteiger partial charge is 0.871 e. The van der Waals surface area contributed by atoms with Crippen LogP contribution in [0.15, 0.2) is 85.4 Å². The van der Waals surface area contributed by atoms with E-state index in [1.165, 1.54) is 30.3 Å². The molecule has 0 saturated carbocycles. The van der Waals surface area contributed by atoms with Crippen LogP contribution in [0, 0.1) is 5.41 Å². The molecule has 32 heavy (non-hydrogen) atoms. The Kier molecular flexibility index (Phi) is 4.26. The topological polar surface area (TPSA) is 108 Å². The zero-order valence-electron chi connectivity index (χ0n) is 17.4. The lowest BCUT2D eigenvalue weighted by molar-refractivity contribution is -0.244. The van der Waals surface area contributed by atoms with Crippen LogP contribution in [0.2, 0.25) is 0 Å². The second-order valence-corrected chi connectivity index (χ2v) is 12.7. The van der Waals surface area contributed by atoms with Gasteiger partial charge in [-0.15, -0.1) is 0 Å². The van der Waals surface area contributed by atoms with Crippen molar-refractivity contribution < 1.29 is 26.7 Å². The summed E-state index contributed by atoms with van der Waals surface area (Å²) in [5, 5.41) is 13.1. The third kappa shape index (κ3) is 2.79. The molecule has 2 aliphatic heterocycles. The summed E-state index contributed by atoms with van der Waals surface area (Å²) in [5.41, 5.74) is 0.137. The van der Waals surface area contributed by atoms with Gasteiger partial charge in [0, 0.05) is 5.56 Å². The number of sulfone groups is 2. The number of hydrogen-bond donors (Lipinski definition) is 0. The number of rotatable bonds is 1. The zero-order chi connectivity index (χ0) is 23.1. The SMILES string of the molecule is CC1(C)CC(C2=C([O-])c3ccccc3S2(=O)=O)=C/C(=C2\C(=O)c3ccccc3S2(=O)=O)C1. The van der Waals surface area contributed by atoms with Crippen LogP contribution in [-0.4, -0.2) is 22.6 Å². The standard InChI is InChI=1S/C24H20O6S2/c1-24(2)12-14(22-20(25)16-7-3-5-9-18(16)31(22,27)28)11-15(13-24)23-21(26)17-8-4-6-10-19(17)32(23,29)30/h3-11,25H,12-13H2,1-2H3/p-1/b23-15-. The van der Waals surface area contributed by atoms with Crippen molar-refractivity contribution >= 4 is 31.2 Å². The van der Waals surface area contributed by atoms with Crippen molar-refractivity contribution in [3.63, 3.8) is 0 Å². The van der Waals surface area contributed by atoms with E-state index in [9.17, 15) is 26.7 Å². The minimum Gasteiger partial charge on any atom is -0.871 e. The molecule has 0 aromatic heterocycles. The van der Waals surface area contributed by atoms with Crippen LogP contribution in [0.1, 0.15) is 42.6 Å². The number of ketones is 1. The Morgan fingerprint density at radius 1 is 0.781 bits per heavy atom. The molecule has 2 aromatic rings. The van der Waals surface area contributed by atoms with E-state index in [1.807, 2.05) is 13.8 Å². The van der Waals surface area contributed by atoms with Gasteiger partial charge in [0.15, 0.2) is 0 Å². The van der Waals surface area contributed by atoms with Gasteiger partial charge in [-0.25, -0.2) is 16.8 Å². The van der Waals surface area contributed by atoms with Gasteiger partial charge in [0.2, 0.25) is 25.5 Å². The molecule has 0 bridgehead atoms. The molecule has 2 aromatic carbocycles. The Balaban J connectivity index is 1.77. The van der Waals surface area contributed by atoms with Crippen LogP contribution in [0.3, 0.4) is 0 Å². The minimum atomic E-state index is -4.05. The molecule has 0 atom stereocenters. The Morgan fingerprint density at radius 2 is 1.31 bits per heavy atom. The number of hydrogen-bond acceptors (Lipinski definition) is 6. The second kappa shape index (κ2) is 6.52. The van der Waals surface area contributed by atoms with Crippen molar-refractivity contribution in [2.75, 3.05) is 0 Å². The van der Waals surface area contributed by atoms with Crippen LogP contribution in [0.5, 0.6) is 0 Å². The lowest BCUT2D eigenvalue weighted by Gasteiger charge is -2.33. The van der Waals surface area contributed by atoms with Gasteiger partial charge in [-0.2, -0.15) is 0 Å². The van der Waals surface area contributed by atoms with E-state index in [-0.39, 0.29) is 54.7 Å². The molecule has 164 valence electrons. The molecule has 3 aliphatic rings. The van der Waals surface area contributed by atoms with E-state index >= 15 is 0 Å². The fraction of sp³-hybridized carbons (Fsp3) is 0.208. The van der Waals surface area contributed by atoms with E-state index in [4.69, 9.17) is 0 Å². The maximum Gasteiger partial charge on any atom is 0.211 e. The second-order valence-electron chi connectivity index (χ2n) is 9.03. The first kappa shape index (κ1) is 20.9. The number of benzene rings is 2. The van der Waals surface area contributed by atoms with Crippen molar-refractivity contribution in [3.05, 3.63) is 86.7 Å². The fourth-order valence-corrected chi connectivity index (χ4v) is 8.34. The first-order chi connectivity index (χ1) is 14.9. The number of carbonyl (C=O) groups is 1. The molecule has 5 rings (SSSR count). The van der Waals surface area contributed by atoms with Gasteiger partial charge in [0.25, 0.3) is 0 Å². The summed E-state index contributed by atoms with van der Waals surface area (Å²) < 4.78 is 52.8. The molecule has 0 N–H and O–H groups in total.